The molecule has 0 heterocycles. The summed E-state index contributed by atoms with van der Waals surface area (Å²) in [6, 6.07) is 3.06. The van der Waals surface area contributed by atoms with E-state index in [1.165, 1.54) is 6.07 Å². The fraction of sp³-hybridized carbons (Fsp3) is 0.125. The normalized spacial score (nSPS) is 10.1. The van der Waals surface area contributed by atoms with Gasteiger partial charge in [-0.15, -0.1) is 11.6 Å². The van der Waals surface area contributed by atoms with Crippen LogP contribution in [0.4, 0.5) is 0 Å². The predicted octanol–water partition coefficient (Wildman–Crippen LogP) is 3.18. The molecule has 70 valence electrons. The van der Waals surface area contributed by atoms with Crippen molar-refractivity contribution >= 4 is 55.9 Å². The lowest BCUT2D eigenvalue weighted by Gasteiger charge is -2.03. The first-order chi connectivity index (χ1) is 6.06. The number of aromatic hydroxyl groups is 1. The van der Waals surface area contributed by atoms with E-state index in [-0.39, 0.29) is 17.4 Å². The Morgan fingerprint density at radius 2 is 2.23 bits per heavy atom. The first kappa shape index (κ1) is 11.3. The Bertz CT molecular complexity index is 331. The number of phenolic OH excluding ortho intramolecular Hbond substituents is 1. The minimum absolute atomic E-state index is 0.0769. The molecule has 2 nitrogen and oxygen atoms in total. The molecule has 0 saturated carbocycles. The Hall–Kier alpha value is 0.190. The average Bonchev–Trinajstić information content (AvgIpc) is 2.12. The molecule has 0 aliphatic rings. The van der Waals surface area contributed by atoms with Crippen molar-refractivity contribution in [3.63, 3.8) is 0 Å². The van der Waals surface area contributed by atoms with E-state index < -0.39 is 0 Å². The predicted molar refractivity (Wildman–Crippen MR) is 63.6 cm³/mol. The third-order valence-corrected chi connectivity index (χ3v) is 4.20. The van der Waals surface area contributed by atoms with E-state index in [1.54, 1.807) is 6.07 Å². The van der Waals surface area contributed by atoms with Crippen LogP contribution in [-0.4, -0.2) is 16.8 Å². The van der Waals surface area contributed by atoms with E-state index in [4.69, 9.17) is 11.6 Å². The van der Waals surface area contributed by atoms with Crippen LogP contribution in [0.2, 0.25) is 0 Å². The van der Waals surface area contributed by atoms with Crippen LogP contribution in [-0.2, 0) is 0 Å². The summed E-state index contributed by atoms with van der Waals surface area (Å²) in [5.74, 6) is -0.190. The minimum atomic E-state index is -0.200. The smallest absolute Gasteiger partial charge is 0.177 e. The average molecular weight is 375 g/mol. The van der Waals surface area contributed by atoms with Crippen molar-refractivity contribution in [2.75, 3.05) is 5.88 Å². The van der Waals surface area contributed by atoms with Crippen molar-refractivity contribution in [1.29, 1.82) is 0 Å². The van der Waals surface area contributed by atoms with Gasteiger partial charge >= 0.3 is 0 Å². The molecule has 0 saturated heterocycles. The maximum atomic E-state index is 11.2. The first-order valence-corrected chi connectivity index (χ1v) is 5.74. The van der Waals surface area contributed by atoms with Crippen LogP contribution in [0.25, 0.3) is 0 Å². The van der Waals surface area contributed by atoms with Crippen LogP contribution < -0.4 is 0 Å². The van der Waals surface area contributed by atoms with Gasteiger partial charge in [0.2, 0.25) is 0 Å². The van der Waals surface area contributed by atoms with Gasteiger partial charge in [0, 0.05) is 10.0 Å². The SMILES string of the molecule is O=C(CCl)c1cc(O)c(I)c(Br)c1. The molecule has 0 atom stereocenters. The van der Waals surface area contributed by atoms with Crippen molar-refractivity contribution in [3.05, 3.63) is 25.7 Å². The third kappa shape index (κ3) is 2.57. The summed E-state index contributed by atoms with van der Waals surface area (Å²) in [4.78, 5) is 11.2. The molecule has 1 aromatic rings. The van der Waals surface area contributed by atoms with Crippen LogP contribution in [0.5, 0.6) is 5.75 Å². The zero-order valence-corrected chi connectivity index (χ0v) is 10.9. The van der Waals surface area contributed by atoms with Crippen molar-refractivity contribution in [2.45, 2.75) is 0 Å². The van der Waals surface area contributed by atoms with Crippen molar-refractivity contribution in [3.8, 4) is 5.75 Å². The monoisotopic (exact) mass is 374 g/mol. The van der Waals surface area contributed by atoms with E-state index in [0.717, 1.165) is 0 Å². The summed E-state index contributed by atoms with van der Waals surface area (Å²) in [7, 11) is 0. The van der Waals surface area contributed by atoms with E-state index in [1.807, 2.05) is 22.6 Å². The number of carbonyl (C=O) groups excluding carboxylic acids is 1. The van der Waals surface area contributed by atoms with Crippen LogP contribution in [0.1, 0.15) is 10.4 Å². The third-order valence-electron chi connectivity index (χ3n) is 1.45. The van der Waals surface area contributed by atoms with Crippen molar-refractivity contribution in [2.24, 2.45) is 0 Å². The molecule has 0 spiro atoms. The maximum absolute atomic E-state index is 11.2. The highest BCUT2D eigenvalue weighted by Crippen LogP contribution is 2.29. The summed E-state index contributed by atoms with van der Waals surface area (Å²) in [5.41, 5.74) is 0.416. The number of hydrogen-bond acceptors (Lipinski definition) is 2. The summed E-state index contributed by atoms with van der Waals surface area (Å²) < 4.78 is 1.38. The number of hydrogen-bond donors (Lipinski definition) is 1. The molecule has 0 aliphatic carbocycles. The molecule has 13 heavy (non-hydrogen) atoms. The fourth-order valence-electron chi connectivity index (χ4n) is 0.813. The van der Waals surface area contributed by atoms with Crippen LogP contribution in [0.15, 0.2) is 16.6 Å². The van der Waals surface area contributed by atoms with Crippen LogP contribution in [0.3, 0.4) is 0 Å². The van der Waals surface area contributed by atoms with E-state index in [2.05, 4.69) is 15.9 Å². The van der Waals surface area contributed by atoms with Gasteiger partial charge in [0.25, 0.3) is 0 Å². The van der Waals surface area contributed by atoms with E-state index >= 15 is 0 Å². The lowest BCUT2D eigenvalue weighted by atomic mass is 10.1. The zero-order valence-electron chi connectivity index (χ0n) is 6.35. The maximum Gasteiger partial charge on any atom is 0.177 e. The Balaban J connectivity index is 3.20. The van der Waals surface area contributed by atoms with Gasteiger partial charge in [-0.05, 0) is 50.7 Å². The Morgan fingerprint density at radius 3 is 2.69 bits per heavy atom. The molecular formula is C8H5BrClIO2. The molecule has 1 N–H and O–H groups in total. The van der Waals surface area contributed by atoms with Gasteiger partial charge in [0.1, 0.15) is 5.75 Å². The number of halogens is 3. The summed E-state index contributed by atoms with van der Waals surface area (Å²) >= 11 is 10.6. The van der Waals surface area contributed by atoms with Gasteiger partial charge in [-0.3, -0.25) is 4.79 Å². The van der Waals surface area contributed by atoms with Crippen LogP contribution >= 0.6 is 50.1 Å². The zero-order chi connectivity index (χ0) is 10.0. The van der Waals surface area contributed by atoms with Gasteiger partial charge < -0.3 is 5.11 Å². The number of benzene rings is 1. The minimum Gasteiger partial charge on any atom is -0.507 e. The number of rotatable bonds is 2. The lowest BCUT2D eigenvalue weighted by Crippen LogP contribution is -2.00. The number of carbonyl (C=O) groups is 1. The molecule has 0 unspecified atom stereocenters. The van der Waals surface area contributed by atoms with Gasteiger partial charge in [-0.25, -0.2) is 0 Å². The quantitative estimate of drug-likeness (QED) is 0.490. The highest BCUT2D eigenvalue weighted by molar-refractivity contribution is 14.1. The molecule has 0 aliphatic heterocycles. The summed E-state index contributed by atoms with van der Waals surface area (Å²) in [6.45, 7) is 0. The van der Waals surface area contributed by atoms with Crippen molar-refractivity contribution < 1.29 is 9.90 Å². The Morgan fingerprint density at radius 1 is 1.62 bits per heavy atom. The number of alkyl halides is 1. The summed E-state index contributed by atoms with van der Waals surface area (Å²) in [5, 5.41) is 9.39. The number of ketones is 1. The fourth-order valence-corrected chi connectivity index (χ4v) is 1.73. The standard InChI is InChI=1S/C8H5BrClIO2/c9-5-1-4(7(13)3-10)2-6(12)8(5)11/h1-2,12H,3H2. The van der Waals surface area contributed by atoms with Gasteiger partial charge in [-0.1, -0.05) is 0 Å². The molecule has 0 amide bonds. The highest BCUT2D eigenvalue weighted by Gasteiger charge is 2.10. The van der Waals surface area contributed by atoms with Gasteiger partial charge in [0.15, 0.2) is 5.78 Å². The second-order valence-electron chi connectivity index (χ2n) is 2.35. The number of Topliss-reactive ketones (excluding diaryl/α,β-unsaturated/α-hetero) is 1. The second-order valence-corrected chi connectivity index (χ2v) is 4.55. The molecule has 0 bridgehead atoms. The summed E-state index contributed by atoms with van der Waals surface area (Å²) in [6.07, 6.45) is 0. The highest BCUT2D eigenvalue weighted by atomic mass is 127. The number of phenols is 1. The molecular weight excluding hydrogens is 370 g/mol. The Labute approximate surface area is 103 Å². The molecule has 5 heteroatoms. The van der Waals surface area contributed by atoms with Crippen LogP contribution in [0, 0.1) is 3.57 Å². The van der Waals surface area contributed by atoms with E-state index in [0.29, 0.717) is 13.6 Å². The topological polar surface area (TPSA) is 37.3 Å². The Kier molecular flexibility index (Phi) is 4.00. The first-order valence-electron chi connectivity index (χ1n) is 3.33. The van der Waals surface area contributed by atoms with E-state index in [9.17, 15) is 9.90 Å². The largest absolute Gasteiger partial charge is 0.507 e. The molecule has 0 fully saturated rings. The van der Waals surface area contributed by atoms with Gasteiger partial charge in [0.05, 0.1) is 9.45 Å². The molecule has 1 rings (SSSR count). The second kappa shape index (κ2) is 4.61. The molecule has 0 radical (unpaired) electrons. The molecule has 1 aromatic carbocycles. The van der Waals surface area contributed by atoms with Crippen molar-refractivity contribution in [1.82, 2.24) is 0 Å². The lowest BCUT2D eigenvalue weighted by molar-refractivity contribution is 0.102. The molecule has 0 aromatic heterocycles. The van der Waals surface area contributed by atoms with Gasteiger partial charge in [-0.2, -0.15) is 0 Å².